The van der Waals surface area contributed by atoms with Gasteiger partial charge < -0.3 is 13.7 Å². The summed E-state index contributed by atoms with van der Waals surface area (Å²) in [4.78, 5) is 14.0. The Bertz CT molecular complexity index is 3560. The first kappa shape index (κ1) is 58.6. The molecule has 6 nitrogen and oxygen atoms in total. The van der Waals surface area contributed by atoms with Gasteiger partial charge in [0.2, 0.25) is 0 Å². The van der Waals surface area contributed by atoms with E-state index in [2.05, 4.69) is 288 Å². The molecule has 12 aromatic rings. The van der Waals surface area contributed by atoms with Gasteiger partial charge in [0.1, 0.15) is 0 Å². The predicted octanol–water partition coefficient (Wildman–Crippen LogP) is 16.7. The fraction of sp³-hybridized carbons (Fsp3) is 0.125. The van der Waals surface area contributed by atoms with Crippen LogP contribution in [-0.4, -0.2) is 52.9 Å². The van der Waals surface area contributed by atoms with Crippen LogP contribution < -0.4 is 15.6 Å². The van der Waals surface area contributed by atoms with E-state index >= 15 is 0 Å². The Hall–Kier alpha value is -8.09. The second kappa shape index (κ2) is 25.8. The Morgan fingerprint density at radius 1 is 0.293 bits per heavy atom. The Balaban J connectivity index is 0.000000147. The van der Waals surface area contributed by atoms with E-state index in [1.54, 1.807) is 0 Å². The summed E-state index contributed by atoms with van der Waals surface area (Å²) in [5.74, 6) is 2.79. The number of benzene rings is 9. The smallest absolute Gasteiger partial charge is 0.340 e. The van der Waals surface area contributed by atoms with Gasteiger partial charge in [-0.2, -0.15) is 0 Å². The maximum atomic E-state index is 4.67. The van der Waals surface area contributed by atoms with Gasteiger partial charge in [-0.15, -0.1) is 108 Å². The molecule has 0 saturated heterocycles. The third-order valence-corrected chi connectivity index (χ3v) is 20.3. The fourth-order valence-electron chi connectivity index (χ4n) is 10.4. The Morgan fingerprint density at radius 2 is 0.549 bits per heavy atom. The third-order valence-electron chi connectivity index (χ3n) is 14.3. The van der Waals surface area contributed by atoms with E-state index in [1.165, 1.54) is 66.0 Å². The molecule has 0 saturated carbocycles. The van der Waals surface area contributed by atoms with Crippen molar-refractivity contribution >= 4 is 39.8 Å². The van der Waals surface area contributed by atoms with Crippen molar-refractivity contribution in [1.82, 2.24) is 28.7 Å². The molecule has 9 aromatic carbocycles. The molecule has 0 spiro atoms. The second-order valence-corrected chi connectivity index (χ2v) is 38.3. The average molecular weight is 1290 g/mol. The second-order valence-electron chi connectivity index (χ2n) is 23.1. The molecule has 3 heterocycles. The number of aromatic nitrogens is 6. The van der Waals surface area contributed by atoms with Gasteiger partial charge in [-0.1, -0.05) is 205 Å². The van der Waals surface area contributed by atoms with Gasteiger partial charge in [0.15, 0.2) is 0 Å². The topological polar surface area (TPSA) is 53.5 Å². The summed E-state index contributed by atoms with van der Waals surface area (Å²) in [5.41, 5.74) is 14.2. The molecule has 0 aliphatic heterocycles. The molecule has 0 bridgehead atoms. The van der Waals surface area contributed by atoms with Crippen LogP contribution in [0.2, 0.25) is 58.9 Å². The number of imidazole rings is 3. The van der Waals surface area contributed by atoms with Crippen LogP contribution in [0.1, 0.15) is 0 Å². The summed E-state index contributed by atoms with van der Waals surface area (Å²) in [6, 6.07) is 86.0. The normalized spacial score (nSPS) is 11.4. The first-order valence-electron chi connectivity index (χ1n) is 27.8. The van der Waals surface area contributed by atoms with Crippen LogP contribution >= 0.6 is 0 Å². The molecule has 0 aliphatic carbocycles. The Labute approximate surface area is 502 Å². The zero-order chi connectivity index (χ0) is 56.6. The number of rotatable bonds is 12. The fourth-order valence-corrected chi connectivity index (χ4v) is 15.1. The van der Waals surface area contributed by atoms with E-state index in [1.807, 2.05) is 73.2 Å². The van der Waals surface area contributed by atoms with E-state index < -0.39 is 24.2 Å². The van der Waals surface area contributed by atoms with Crippen molar-refractivity contribution in [3.63, 3.8) is 0 Å². The van der Waals surface area contributed by atoms with E-state index in [-0.39, 0.29) is 20.1 Å². The quantitative estimate of drug-likeness (QED) is 0.0905. The zero-order valence-corrected chi connectivity index (χ0v) is 53.7. The van der Waals surface area contributed by atoms with Gasteiger partial charge >= 0.3 is 20.1 Å². The van der Waals surface area contributed by atoms with Crippen molar-refractivity contribution < 1.29 is 20.1 Å². The number of para-hydroxylation sites is 3. The van der Waals surface area contributed by atoms with Crippen molar-refractivity contribution in [3.05, 3.63) is 274 Å². The molecule has 408 valence electrons. The number of hydrogen-bond donors (Lipinski definition) is 0. The van der Waals surface area contributed by atoms with Crippen LogP contribution in [0.25, 0.3) is 84.6 Å². The van der Waals surface area contributed by atoms with Gasteiger partial charge in [0.25, 0.3) is 0 Å². The molecule has 12 rings (SSSR count). The van der Waals surface area contributed by atoms with E-state index in [0.717, 1.165) is 34.2 Å². The van der Waals surface area contributed by atoms with Crippen molar-refractivity contribution in [2.45, 2.75) is 58.9 Å². The molecule has 0 N–H and O–H groups in total. The molecule has 0 unspecified atom stereocenters. The molecular formula is C72H69IrN6Si3. The average Bonchev–Trinajstić information content (AvgIpc) is 4.47. The first-order chi connectivity index (χ1) is 39.2. The summed E-state index contributed by atoms with van der Waals surface area (Å²) < 4.78 is 6.71. The molecule has 3 aromatic heterocycles. The van der Waals surface area contributed by atoms with E-state index in [4.69, 9.17) is 0 Å². The third kappa shape index (κ3) is 13.1. The van der Waals surface area contributed by atoms with Gasteiger partial charge in [0.05, 0.1) is 41.7 Å². The van der Waals surface area contributed by atoms with Crippen molar-refractivity contribution in [2.24, 2.45) is 0 Å². The van der Waals surface area contributed by atoms with Crippen LogP contribution in [-0.2, 0) is 20.1 Å². The van der Waals surface area contributed by atoms with Crippen molar-refractivity contribution in [1.29, 1.82) is 0 Å². The summed E-state index contributed by atoms with van der Waals surface area (Å²) in [6.07, 6.45) is 11.9. The Kier molecular flexibility index (Phi) is 18.4. The van der Waals surface area contributed by atoms with Crippen LogP contribution in [0.15, 0.2) is 256 Å². The zero-order valence-electron chi connectivity index (χ0n) is 48.3. The van der Waals surface area contributed by atoms with Crippen LogP contribution in [0.3, 0.4) is 0 Å². The number of nitrogens with zero attached hydrogens (tertiary/aromatic N) is 6. The Morgan fingerprint density at radius 3 is 0.780 bits per heavy atom. The first-order valence-corrected chi connectivity index (χ1v) is 38.3. The van der Waals surface area contributed by atoms with Gasteiger partial charge in [0, 0.05) is 70.9 Å². The van der Waals surface area contributed by atoms with Gasteiger partial charge in [-0.3, -0.25) is 15.0 Å². The standard InChI is InChI=1S/3C24H23N2Si.Ir/c3*1-27(2,3)22-16-10-15-21(19-11-6-4-7-12-19)23(22)26-18-17-25-24(26)20-13-8-5-9-14-20;/h3*4-13,15-18H,1-3H3;/q3*-1;+3. The summed E-state index contributed by atoms with van der Waals surface area (Å²) in [5, 5.41) is 4.29. The molecule has 0 amide bonds. The monoisotopic (exact) mass is 1290 g/mol. The minimum Gasteiger partial charge on any atom is -0.340 e. The van der Waals surface area contributed by atoms with E-state index in [9.17, 15) is 0 Å². The predicted molar refractivity (Wildman–Crippen MR) is 349 cm³/mol. The maximum absolute atomic E-state index is 4.67. The van der Waals surface area contributed by atoms with Crippen LogP contribution in [0.4, 0.5) is 0 Å². The minimum absolute atomic E-state index is 0. The molecule has 82 heavy (non-hydrogen) atoms. The van der Waals surface area contributed by atoms with Gasteiger partial charge in [-0.05, 0) is 32.3 Å². The van der Waals surface area contributed by atoms with Crippen molar-refractivity contribution in [2.75, 3.05) is 0 Å². The van der Waals surface area contributed by atoms with E-state index in [0.29, 0.717) is 0 Å². The maximum Gasteiger partial charge on any atom is 3.00 e. The summed E-state index contributed by atoms with van der Waals surface area (Å²) >= 11 is 0. The number of hydrogen-bond acceptors (Lipinski definition) is 3. The molecule has 0 fully saturated rings. The molecule has 0 aliphatic rings. The largest absolute Gasteiger partial charge is 3.00 e. The van der Waals surface area contributed by atoms with Gasteiger partial charge in [-0.25, -0.2) is 0 Å². The van der Waals surface area contributed by atoms with Crippen LogP contribution in [0, 0.1) is 18.2 Å². The van der Waals surface area contributed by atoms with Crippen molar-refractivity contribution in [3.8, 4) is 84.6 Å². The summed E-state index contributed by atoms with van der Waals surface area (Å²) in [6.45, 7) is 21.6. The van der Waals surface area contributed by atoms with Crippen LogP contribution in [0.5, 0.6) is 0 Å². The molecule has 0 radical (unpaired) electrons. The molecule has 10 heteroatoms. The minimum atomic E-state index is -1.58. The molecule has 0 atom stereocenters. The summed E-state index contributed by atoms with van der Waals surface area (Å²) in [7, 11) is -4.74. The SMILES string of the molecule is C[Si](C)(C)c1cccc(-c2ccccc2)c1-n1ccnc1-c1[c-]cccc1.C[Si](C)(C)c1cccc(-c2ccccc2)c1-n1ccnc1-c1[c-]cccc1.C[Si](C)(C)c1cccc(-c2ccccc2)c1-n1ccnc1-c1[c-]cccc1.[Ir+3]. The molecular weight excluding hydrogens is 1230 g/mol.